The lowest BCUT2D eigenvalue weighted by Gasteiger charge is -2.10. The van der Waals surface area contributed by atoms with Gasteiger partial charge in [0.25, 0.3) is 0 Å². The first kappa shape index (κ1) is 15.0. The molecule has 116 valence electrons. The largest absolute Gasteiger partial charge is 0.478 e. The molecule has 2 aromatic carbocycles. The summed E-state index contributed by atoms with van der Waals surface area (Å²) in [6.45, 7) is 0. The lowest BCUT2D eigenvalue weighted by atomic mass is 9.99. The van der Waals surface area contributed by atoms with Crippen LogP contribution in [0.25, 0.3) is 22.0 Å². The second-order valence-corrected chi connectivity index (χ2v) is 4.95. The summed E-state index contributed by atoms with van der Waals surface area (Å²) in [6, 6.07) is 13.2. The number of hydrogen-bond acceptors (Lipinski definition) is 2. The normalized spacial score (nSPS) is 11.6. The zero-order chi connectivity index (χ0) is 16.6. The molecule has 1 N–H and O–H groups in total. The Morgan fingerprint density at radius 1 is 1.00 bits per heavy atom. The van der Waals surface area contributed by atoms with E-state index in [0.717, 1.165) is 11.5 Å². The van der Waals surface area contributed by atoms with Crippen molar-refractivity contribution in [3.8, 4) is 11.3 Å². The van der Waals surface area contributed by atoms with Crippen molar-refractivity contribution >= 4 is 16.7 Å². The molecule has 0 aliphatic heterocycles. The van der Waals surface area contributed by atoms with Crippen LogP contribution in [0.3, 0.4) is 0 Å². The summed E-state index contributed by atoms with van der Waals surface area (Å²) in [5.41, 5.74) is -0.317. The average Bonchev–Trinajstić information content (AvgIpc) is 2.53. The van der Waals surface area contributed by atoms with Crippen LogP contribution in [-0.4, -0.2) is 16.1 Å². The van der Waals surface area contributed by atoms with Crippen molar-refractivity contribution in [3.63, 3.8) is 0 Å². The summed E-state index contributed by atoms with van der Waals surface area (Å²) < 4.78 is 38.5. The first-order valence-corrected chi connectivity index (χ1v) is 6.67. The standard InChI is InChI=1S/C17H10F3NO2/c18-17(19,20)15-6-2-5-14(21-15)12-4-1-3-10-7-8-11(16(22)23)9-13(10)12/h1-9H,(H,22,23). The van der Waals surface area contributed by atoms with Crippen LogP contribution in [0.4, 0.5) is 13.2 Å². The SMILES string of the molecule is O=C(O)c1ccc2cccc(-c3cccc(C(F)(F)F)n3)c2c1. The Kier molecular flexibility index (Phi) is 3.52. The van der Waals surface area contributed by atoms with Gasteiger partial charge in [0, 0.05) is 5.56 Å². The van der Waals surface area contributed by atoms with Gasteiger partial charge in [-0.15, -0.1) is 0 Å². The van der Waals surface area contributed by atoms with Crippen molar-refractivity contribution in [1.29, 1.82) is 0 Å². The molecule has 0 bridgehead atoms. The van der Waals surface area contributed by atoms with E-state index in [-0.39, 0.29) is 11.3 Å². The van der Waals surface area contributed by atoms with Gasteiger partial charge in [-0.3, -0.25) is 0 Å². The summed E-state index contributed by atoms with van der Waals surface area (Å²) in [6.07, 6.45) is -4.53. The number of carboxylic acid groups (broad SMARTS) is 1. The Balaban J connectivity index is 2.24. The minimum Gasteiger partial charge on any atom is -0.478 e. The Labute approximate surface area is 129 Å². The second-order valence-electron chi connectivity index (χ2n) is 4.95. The van der Waals surface area contributed by atoms with Gasteiger partial charge in [0.1, 0.15) is 5.69 Å². The molecule has 23 heavy (non-hydrogen) atoms. The van der Waals surface area contributed by atoms with Gasteiger partial charge >= 0.3 is 12.1 Å². The summed E-state index contributed by atoms with van der Waals surface area (Å²) >= 11 is 0. The lowest BCUT2D eigenvalue weighted by Crippen LogP contribution is -2.08. The number of rotatable bonds is 2. The first-order chi connectivity index (χ1) is 10.9. The molecule has 0 fully saturated rings. The number of fused-ring (bicyclic) bond motifs is 1. The average molecular weight is 317 g/mol. The maximum Gasteiger partial charge on any atom is 0.433 e. The number of aromatic carboxylic acids is 1. The number of halogens is 3. The van der Waals surface area contributed by atoms with Gasteiger partial charge in [0.2, 0.25) is 0 Å². The predicted molar refractivity (Wildman–Crippen MR) is 79.1 cm³/mol. The third kappa shape index (κ3) is 2.88. The van der Waals surface area contributed by atoms with E-state index in [1.54, 1.807) is 24.3 Å². The Morgan fingerprint density at radius 2 is 1.74 bits per heavy atom. The van der Waals surface area contributed by atoms with Crippen LogP contribution in [0, 0.1) is 0 Å². The smallest absolute Gasteiger partial charge is 0.433 e. The zero-order valence-electron chi connectivity index (χ0n) is 11.6. The third-order valence-corrected chi connectivity index (χ3v) is 3.44. The Bertz CT molecular complexity index is 904. The van der Waals surface area contributed by atoms with Gasteiger partial charge in [0.15, 0.2) is 0 Å². The zero-order valence-corrected chi connectivity index (χ0v) is 11.6. The molecule has 0 spiro atoms. The number of alkyl halides is 3. The van der Waals surface area contributed by atoms with E-state index in [1.165, 1.54) is 24.3 Å². The fourth-order valence-electron chi connectivity index (χ4n) is 2.37. The summed E-state index contributed by atoms with van der Waals surface area (Å²) in [5.74, 6) is -1.10. The Hall–Kier alpha value is -2.89. The number of benzene rings is 2. The topological polar surface area (TPSA) is 50.2 Å². The van der Waals surface area contributed by atoms with E-state index in [2.05, 4.69) is 4.98 Å². The van der Waals surface area contributed by atoms with Crippen LogP contribution < -0.4 is 0 Å². The van der Waals surface area contributed by atoms with E-state index in [4.69, 9.17) is 5.11 Å². The highest BCUT2D eigenvalue weighted by atomic mass is 19.4. The van der Waals surface area contributed by atoms with Crippen molar-refractivity contribution in [1.82, 2.24) is 4.98 Å². The highest BCUT2D eigenvalue weighted by Crippen LogP contribution is 2.32. The third-order valence-electron chi connectivity index (χ3n) is 3.44. The monoisotopic (exact) mass is 317 g/mol. The molecule has 0 atom stereocenters. The molecule has 0 aliphatic rings. The van der Waals surface area contributed by atoms with Gasteiger partial charge in [-0.25, -0.2) is 9.78 Å². The molecule has 0 unspecified atom stereocenters. The molecule has 0 aliphatic carbocycles. The molecule has 3 aromatic rings. The number of pyridine rings is 1. The molecule has 0 saturated carbocycles. The number of nitrogens with zero attached hydrogens (tertiary/aromatic N) is 1. The van der Waals surface area contributed by atoms with Crippen LogP contribution in [0.2, 0.25) is 0 Å². The molecule has 1 heterocycles. The van der Waals surface area contributed by atoms with Crippen LogP contribution >= 0.6 is 0 Å². The molecule has 3 rings (SSSR count). The number of hydrogen-bond donors (Lipinski definition) is 1. The first-order valence-electron chi connectivity index (χ1n) is 6.67. The number of carbonyl (C=O) groups is 1. The molecule has 3 nitrogen and oxygen atoms in total. The highest BCUT2D eigenvalue weighted by molar-refractivity contribution is 6.00. The van der Waals surface area contributed by atoms with Gasteiger partial charge in [0.05, 0.1) is 11.3 Å². The van der Waals surface area contributed by atoms with Crippen LogP contribution in [0.1, 0.15) is 16.1 Å². The summed E-state index contributed by atoms with van der Waals surface area (Å²) in [7, 11) is 0. The minimum absolute atomic E-state index is 0.0666. The van der Waals surface area contributed by atoms with E-state index in [0.29, 0.717) is 10.9 Å². The van der Waals surface area contributed by atoms with E-state index in [9.17, 15) is 18.0 Å². The molecule has 0 amide bonds. The van der Waals surface area contributed by atoms with Crippen molar-refractivity contribution in [3.05, 3.63) is 65.9 Å². The highest BCUT2D eigenvalue weighted by Gasteiger charge is 2.32. The van der Waals surface area contributed by atoms with Crippen LogP contribution in [-0.2, 0) is 6.18 Å². The molecule has 0 saturated heterocycles. The minimum atomic E-state index is -4.53. The fourth-order valence-corrected chi connectivity index (χ4v) is 2.37. The van der Waals surface area contributed by atoms with Gasteiger partial charge in [-0.1, -0.05) is 30.3 Å². The van der Waals surface area contributed by atoms with Crippen LogP contribution in [0.5, 0.6) is 0 Å². The van der Waals surface area contributed by atoms with Crippen molar-refractivity contribution in [2.75, 3.05) is 0 Å². The summed E-state index contributed by atoms with van der Waals surface area (Å²) in [4.78, 5) is 14.8. The number of carboxylic acids is 1. The van der Waals surface area contributed by atoms with Gasteiger partial charge < -0.3 is 5.11 Å². The molecule has 6 heteroatoms. The van der Waals surface area contributed by atoms with E-state index >= 15 is 0 Å². The van der Waals surface area contributed by atoms with Crippen molar-refractivity contribution in [2.24, 2.45) is 0 Å². The van der Waals surface area contributed by atoms with Crippen molar-refractivity contribution in [2.45, 2.75) is 6.18 Å². The predicted octanol–water partition coefficient (Wildman–Crippen LogP) is 4.62. The van der Waals surface area contributed by atoms with E-state index < -0.39 is 17.8 Å². The molecular weight excluding hydrogens is 307 g/mol. The fraction of sp³-hybridized carbons (Fsp3) is 0.0588. The molecular formula is C17H10F3NO2. The maximum atomic E-state index is 12.8. The van der Waals surface area contributed by atoms with Crippen molar-refractivity contribution < 1.29 is 23.1 Å². The second kappa shape index (κ2) is 5.39. The maximum absolute atomic E-state index is 12.8. The summed E-state index contributed by atoms with van der Waals surface area (Å²) in [5, 5.41) is 10.4. The Morgan fingerprint density at radius 3 is 2.43 bits per heavy atom. The lowest BCUT2D eigenvalue weighted by molar-refractivity contribution is -0.141. The van der Waals surface area contributed by atoms with Gasteiger partial charge in [-0.05, 0) is 35.0 Å². The van der Waals surface area contributed by atoms with E-state index in [1.807, 2.05) is 0 Å². The van der Waals surface area contributed by atoms with Gasteiger partial charge in [-0.2, -0.15) is 13.2 Å². The van der Waals surface area contributed by atoms with Crippen LogP contribution in [0.15, 0.2) is 54.6 Å². The number of aromatic nitrogens is 1. The quantitative estimate of drug-likeness (QED) is 0.750. The molecule has 0 radical (unpaired) electrons. The molecule has 1 aromatic heterocycles.